The molecular formula is C18H21N3O4. The van der Waals surface area contributed by atoms with Crippen LogP contribution in [0, 0.1) is 0 Å². The van der Waals surface area contributed by atoms with Crippen molar-refractivity contribution >= 4 is 5.91 Å². The molecule has 7 nitrogen and oxygen atoms in total. The number of ether oxygens (including phenoxy) is 3. The van der Waals surface area contributed by atoms with Crippen LogP contribution in [0.3, 0.4) is 0 Å². The number of carbonyl (C=O) groups is 1. The first-order valence-electron chi connectivity index (χ1n) is 8.05. The van der Waals surface area contributed by atoms with E-state index in [1.54, 1.807) is 18.5 Å². The normalized spacial score (nSPS) is 13.2. The average molecular weight is 343 g/mol. The standard InChI is InChI=1S/C18H21N3O4/c1-23-15-6-12(7-16(24-2)17(15)25-3)18(22)19-9-13-8-14(11-4-5-11)21-10-20-13/h6-8,10-11H,4-5,9H2,1-3H3,(H,19,22). The Bertz CT molecular complexity index is 750. The van der Waals surface area contributed by atoms with Gasteiger partial charge in [0.2, 0.25) is 5.75 Å². The van der Waals surface area contributed by atoms with Crippen molar-refractivity contribution < 1.29 is 19.0 Å². The predicted octanol–water partition coefficient (Wildman–Crippen LogP) is 2.31. The molecule has 1 N–H and O–H groups in total. The van der Waals surface area contributed by atoms with Crippen molar-refractivity contribution in [2.45, 2.75) is 25.3 Å². The Morgan fingerprint density at radius 2 is 1.76 bits per heavy atom. The number of benzene rings is 1. The second kappa shape index (κ2) is 7.38. The van der Waals surface area contributed by atoms with Crippen molar-refractivity contribution in [1.29, 1.82) is 0 Å². The first-order chi connectivity index (χ1) is 12.2. The topological polar surface area (TPSA) is 82.6 Å². The Kier molecular flexibility index (Phi) is 5.02. The summed E-state index contributed by atoms with van der Waals surface area (Å²) in [6, 6.07) is 5.19. The van der Waals surface area contributed by atoms with Crippen LogP contribution in [0.15, 0.2) is 24.5 Å². The Labute approximate surface area is 146 Å². The Balaban J connectivity index is 1.73. The van der Waals surface area contributed by atoms with E-state index in [1.165, 1.54) is 34.2 Å². The van der Waals surface area contributed by atoms with Crippen LogP contribution in [0.5, 0.6) is 17.2 Å². The number of hydrogen-bond acceptors (Lipinski definition) is 6. The van der Waals surface area contributed by atoms with E-state index in [1.807, 2.05) is 6.07 Å². The van der Waals surface area contributed by atoms with Gasteiger partial charge in [-0.3, -0.25) is 4.79 Å². The molecule has 2 aromatic rings. The van der Waals surface area contributed by atoms with Crippen LogP contribution >= 0.6 is 0 Å². The minimum Gasteiger partial charge on any atom is -0.493 e. The van der Waals surface area contributed by atoms with E-state index < -0.39 is 0 Å². The van der Waals surface area contributed by atoms with Gasteiger partial charge in [-0.2, -0.15) is 0 Å². The number of amides is 1. The molecule has 1 saturated carbocycles. The molecule has 3 rings (SSSR count). The Morgan fingerprint density at radius 3 is 2.32 bits per heavy atom. The summed E-state index contributed by atoms with van der Waals surface area (Å²) in [6.45, 7) is 0.331. The van der Waals surface area contributed by atoms with E-state index in [0.717, 1.165) is 11.4 Å². The van der Waals surface area contributed by atoms with E-state index in [-0.39, 0.29) is 5.91 Å². The third-order valence-corrected chi connectivity index (χ3v) is 4.10. The van der Waals surface area contributed by atoms with Gasteiger partial charge < -0.3 is 19.5 Å². The van der Waals surface area contributed by atoms with Crippen molar-refractivity contribution in [2.75, 3.05) is 21.3 Å². The highest BCUT2D eigenvalue weighted by molar-refractivity contribution is 5.95. The molecule has 7 heteroatoms. The monoisotopic (exact) mass is 343 g/mol. The first kappa shape index (κ1) is 17.0. The van der Waals surface area contributed by atoms with Gasteiger partial charge in [-0.25, -0.2) is 9.97 Å². The summed E-state index contributed by atoms with van der Waals surface area (Å²) in [6.07, 6.45) is 3.90. The minimum absolute atomic E-state index is 0.245. The zero-order valence-corrected chi connectivity index (χ0v) is 14.5. The molecule has 1 aliphatic rings. The lowest BCUT2D eigenvalue weighted by Gasteiger charge is -2.14. The summed E-state index contributed by atoms with van der Waals surface area (Å²) in [5.74, 6) is 1.62. The maximum Gasteiger partial charge on any atom is 0.251 e. The predicted molar refractivity (Wildman–Crippen MR) is 91.3 cm³/mol. The quantitative estimate of drug-likeness (QED) is 0.831. The molecule has 1 aromatic carbocycles. The largest absolute Gasteiger partial charge is 0.493 e. The smallest absolute Gasteiger partial charge is 0.251 e. The highest BCUT2D eigenvalue weighted by Gasteiger charge is 2.25. The van der Waals surface area contributed by atoms with Gasteiger partial charge in [-0.1, -0.05) is 0 Å². The Hall–Kier alpha value is -2.83. The van der Waals surface area contributed by atoms with E-state index in [4.69, 9.17) is 14.2 Å². The van der Waals surface area contributed by atoms with Crippen LogP contribution in [0.2, 0.25) is 0 Å². The maximum absolute atomic E-state index is 12.5. The molecule has 0 saturated heterocycles. The molecular weight excluding hydrogens is 322 g/mol. The van der Waals surface area contributed by atoms with Crippen LogP contribution in [0.25, 0.3) is 0 Å². The molecule has 1 aliphatic carbocycles. The summed E-state index contributed by atoms with van der Waals surface area (Å²) < 4.78 is 15.8. The van der Waals surface area contributed by atoms with Crippen LogP contribution in [0.4, 0.5) is 0 Å². The molecule has 132 valence electrons. The van der Waals surface area contributed by atoms with Gasteiger partial charge in [0.15, 0.2) is 11.5 Å². The zero-order valence-electron chi connectivity index (χ0n) is 14.5. The maximum atomic E-state index is 12.5. The van der Waals surface area contributed by atoms with E-state index in [0.29, 0.717) is 35.3 Å². The molecule has 1 heterocycles. The van der Waals surface area contributed by atoms with Crippen molar-refractivity contribution in [2.24, 2.45) is 0 Å². The molecule has 0 bridgehead atoms. The minimum atomic E-state index is -0.245. The summed E-state index contributed by atoms with van der Waals surface area (Å²) in [5.41, 5.74) is 2.26. The summed E-state index contributed by atoms with van der Waals surface area (Å²) in [7, 11) is 4.55. The van der Waals surface area contributed by atoms with Gasteiger partial charge in [-0.05, 0) is 31.0 Å². The van der Waals surface area contributed by atoms with Gasteiger partial charge in [0.25, 0.3) is 5.91 Å². The van der Waals surface area contributed by atoms with Crippen molar-refractivity contribution in [3.8, 4) is 17.2 Å². The van der Waals surface area contributed by atoms with Gasteiger partial charge in [-0.15, -0.1) is 0 Å². The van der Waals surface area contributed by atoms with Crippen molar-refractivity contribution in [3.63, 3.8) is 0 Å². The summed E-state index contributed by atoms with van der Waals surface area (Å²) in [5, 5.41) is 2.86. The first-order valence-corrected chi connectivity index (χ1v) is 8.05. The van der Waals surface area contributed by atoms with Gasteiger partial charge in [0, 0.05) is 17.2 Å². The number of aromatic nitrogens is 2. The third-order valence-electron chi connectivity index (χ3n) is 4.10. The SMILES string of the molecule is COc1cc(C(=O)NCc2cc(C3CC3)ncn2)cc(OC)c1OC. The zero-order chi connectivity index (χ0) is 17.8. The van der Waals surface area contributed by atoms with Crippen LogP contribution in [-0.4, -0.2) is 37.2 Å². The highest BCUT2D eigenvalue weighted by atomic mass is 16.5. The summed E-state index contributed by atoms with van der Waals surface area (Å²) in [4.78, 5) is 21.0. The van der Waals surface area contributed by atoms with Gasteiger partial charge in [0.05, 0.1) is 33.6 Å². The second-order valence-corrected chi connectivity index (χ2v) is 5.81. The Morgan fingerprint density at radius 1 is 1.08 bits per heavy atom. The number of hydrogen-bond donors (Lipinski definition) is 1. The van der Waals surface area contributed by atoms with E-state index in [2.05, 4.69) is 15.3 Å². The average Bonchev–Trinajstić information content (AvgIpc) is 3.50. The highest BCUT2D eigenvalue weighted by Crippen LogP contribution is 2.39. The fraction of sp³-hybridized carbons (Fsp3) is 0.389. The van der Waals surface area contributed by atoms with Crippen molar-refractivity contribution in [1.82, 2.24) is 15.3 Å². The molecule has 25 heavy (non-hydrogen) atoms. The van der Waals surface area contributed by atoms with Crippen LogP contribution in [0.1, 0.15) is 40.5 Å². The lowest BCUT2D eigenvalue weighted by atomic mass is 10.1. The number of nitrogens with zero attached hydrogens (tertiary/aromatic N) is 2. The summed E-state index contributed by atoms with van der Waals surface area (Å²) >= 11 is 0. The molecule has 0 atom stereocenters. The van der Waals surface area contributed by atoms with Crippen LogP contribution in [-0.2, 0) is 6.54 Å². The number of nitrogens with one attached hydrogen (secondary N) is 1. The molecule has 0 spiro atoms. The molecule has 1 aromatic heterocycles. The molecule has 0 unspecified atom stereocenters. The lowest BCUT2D eigenvalue weighted by molar-refractivity contribution is 0.0949. The molecule has 0 aliphatic heterocycles. The molecule has 0 radical (unpaired) electrons. The fourth-order valence-electron chi connectivity index (χ4n) is 2.60. The van der Waals surface area contributed by atoms with Gasteiger partial charge in [0.1, 0.15) is 6.33 Å². The third kappa shape index (κ3) is 3.81. The van der Waals surface area contributed by atoms with Crippen LogP contribution < -0.4 is 19.5 Å². The van der Waals surface area contributed by atoms with Crippen molar-refractivity contribution in [3.05, 3.63) is 41.5 Å². The van der Waals surface area contributed by atoms with E-state index in [9.17, 15) is 4.79 Å². The van der Waals surface area contributed by atoms with E-state index >= 15 is 0 Å². The fourth-order valence-corrected chi connectivity index (χ4v) is 2.60. The second-order valence-electron chi connectivity index (χ2n) is 5.81. The van der Waals surface area contributed by atoms with Gasteiger partial charge >= 0.3 is 0 Å². The molecule has 1 amide bonds. The lowest BCUT2D eigenvalue weighted by Crippen LogP contribution is -2.23. The number of rotatable bonds is 7. The molecule has 1 fully saturated rings. The number of methoxy groups -OCH3 is 3. The number of carbonyl (C=O) groups excluding carboxylic acids is 1.